The minimum atomic E-state index is -0.388. The molecule has 0 saturated heterocycles. The Morgan fingerprint density at radius 1 is 1.64 bits per heavy atom. The third kappa shape index (κ3) is 2.18. The van der Waals surface area contributed by atoms with Gasteiger partial charge in [0.2, 0.25) is 0 Å². The molecule has 0 bridgehead atoms. The molecule has 4 heteroatoms. The number of hydrogen-bond acceptors (Lipinski definition) is 3. The maximum absolute atomic E-state index is 5.83. The van der Waals surface area contributed by atoms with Crippen molar-refractivity contribution in [2.75, 3.05) is 6.61 Å². The van der Waals surface area contributed by atoms with Crippen LogP contribution in [-0.4, -0.2) is 18.0 Å². The van der Waals surface area contributed by atoms with Crippen molar-refractivity contribution < 1.29 is 4.74 Å². The molecule has 0 amide bonds. The maximum Gasteiger partial charge on any atom is 0.151 e. The van der Waals surface area contributed by atoms with E-state index in [-0.39, 0.29) is 5.60 Å². The van der Waals surface area contributed by atoms with Gasteiger partial charge in [-0.1, -0.05) is 13.3 Å². The van der Waals surface area contributed by atoms with Crippen LogP contribution in [0.1, 0.15) is 39.5 Å². The SMILES string of the molecule is CCOC1(C(N)=NN)CCCC(C)C1. The molecule has 4 nitrogen and oxygen atoms in total. The molecule has 0 aliphatic heterocycles. The van der Waals surface area contributed by atoms with E-state index in [4.69, 9.17) is 16.3 Å². The Bertz CT molecular complexity index is 213. The van der Waals surface area contributed by atoms with E-state index in [1.165, 1.54) is 6.42 Å². The monoisotopic (exact) mass is 199 g/mol. The minimum Gasteiger partial charge on any atom is -0.383 e. The molecule has 0 aromatic carbocycles. The highest BCUT2D eigenvalue weighted by Gasteiger charge is 2.39. The topological polar surface area (TPSA) is 73.6 Å². The van der Waals surface area contributed by atoms with E-state index in [1.54, 1.807) is 0 Å². The molecule has 0 aromatic rings. The van der Waals surface area contributed by atoms with E-state index >= 15 is 0 Å². The van der Waals surface area contributed by atoms with Gasteiger partial charge in [0.25, 0.3) is 0 Å². The molecule has 82 valence electrons. The van der Waals surface area contributed by atoms with Crippen molar-refractivity contribution >= 4 is 5.84 Å². The molecule has 1 aliphatic carbocycles. The predicted molar refractivity (Wildman–Crippen MR) is 57.8 cm³/mol. The lowest BCUT2D eigenvalue weighted by molar-refractivity contribution is -0.0246. The van der Waals surface area contributed by atoms with E-state index in [0.29, 0.717) is 18.4 Å². The zero-order valence-electron chi connectivity index (χ0n) is 9.12. The zero-order valence-corrected chi connectivity index (χ0v) is 9.12. The molecule has 0 spiro atoms. The standard InChI is InChI=1S/C10H21N3O/c1-3-14-10(9(11)13-12)6-4-5-8(2)7-10/h8H,3-7,12H2,1-2H3,(H2,11,13). The van der Waals surface area contributed by atoms with Gasteiger partial charge in [0, 0.05) is 6.61 Å². The van der Waals surface area contributed by atoms with Gasteiger partial charge in [0.1, 0.15) is 5.60 Å². The van der Waals surface area contributed by atoms with Gasteiger partial charge in [-0.2, -0.15) is 5.10 Å². The van der Waals surface area contributed by atoms with E-state index in [2.05, 4.69) is 12.0 Å². The molecule has 0 aromatic heterocycles. The maximum atomic E-state index is 5.83. The van der Waals surface area contributed by atoms with Crippen molar-refractivity contribution in [1.29, 1.82) is 0 Å². The number of nitrogens with two attached hydrogens (primary N) is 2. The minimum absolute atomic E-state index is 0.388. The lowest BCUT2D eigenvalue weighted by atomic mass is 9.78. The van der Waals surface area contributed by atoms with Gasteiger partial charge >= 0.3 is 0 Å². The molecule has 0 heterocycles. The largest absolute Gasteiger partial charge is 0.383 e. The number of hydrazone groups is 1. The van der Waals surface area contributed by atoms with Crippen LogP contribution in [-0.2, 0) is 4.74 Å². The summed E-state index contributed by atoms with van der Waals surface area (Å²) in [6.45, 7) is 4.85. The molecule has 2 unspecified atom stereocenters. The van der Waals surface area contributed by atoms with Gasteiger partial charge in [0.05, 0.1) is 0 Å². The summed E-state index contributed by atoms with van der Waals surface area (Å²) in [6, 6.07) is 0. The summed E-state index contributed by atoms with van der Waals surface area (Å²) in [4.78, 5) is 0. The van der Waals surface area contributed by atoms with E-state index in [9.17, 15) is 0 Å². The molecule has 1 saturated carbocycles. The fourth-order valence-electron chi connectivity index (χ4n) is 2.33. The lowest BCUT2D eigenvalue weighted by Crippen LogP contribution is -2.50. The molecular formula is C10H21N3O. The Morgan fingerprint density at radius 3 is 2.86 bits per heavy atom. The summed E-state index contributed by atoms with van der Waals surface area (Å²) in [5.74, 6) is 6.33. The van der Waals surface area contributed by atoms with Crippen molar-refractivity contribution in [3.8, 4) is 0 Å². The Morgan fingerprint density at radius 2 is 2.36 bits per heavy atom. The van der Waals surface area contributed by atoms with Crippen LogP contribution in [0.3, 0.4) is 0 Å². The van der Waals surface area contributed by atoms with Crippen molar-refractivity contribution in [3.63, 3.8) is 0 Å². The van der Waals surface area contributed by atoms with Crippen molar-refractivity contribution in [2.24, 2.45) is 22.6 Å². The van der Waals surface area contributed by atoms with Crippen LogP contribution < -0.4 is 11.6 Å². The van der Waals surface area contributed by atoms with Gasteiger partial charge in [0.15, 0.2) is 5.84 Å². The third-order valence-corrected chi connectivity index (χ3v) is 2.98. The third-order valence-electron chi connectivity index (χ3n) is 2.98. The number of rotatable bonds is 3. The van der Waals surface area contributed by atoms with E-state index in [1.807, 2.05) is 6.92 Å². The van der Waals surface area contributed by atoms with Crippen LogP contribution in [0.2, 0.25) is 0 Å². The highest BCUT2D eigenvalue weighted by molar-refractivity contribution is 5.88. The molecule has 1 aliphatic rings. The predicted octanol–water partition coefficient (Wildman–Crippen LogP) is 1.20. The molecule has 1 rings (SSSR count). The summed E-state index contributed by atoms with van der Waals surface area (Å²) >= 11 is 0. The molecular weight excluding hydrogens is 178 g/mol. The number of hydrogen-bond donors (Lipinski definition) is 2. The second-order valence-electron chi connectivity index (χ2n) is 4.14. The average Bonchev–Trinajstić information content (AvgIpc) is 2.17. The van der Waals surface area contributed by atoms with Crippen molar-refractivity contribution in [1.82, 2.24) is 0 Å². The van der Waals surface area contributed by atoms with E-state index < -0.39 is 0 Å². The van der Waals surface area contributed by atoms with E-state index in [0.717, 1.165) is 19.3 Å². The summed E-state index contributed by atoms with van der Waals surface area (Å²) in [7, 11) is 0. The number of nitrogens with zero attached hydrogens (tertiary/aromatic N) is 1. The Hall–Kier alpha value is -0.770. The lowest BCUT2D eigenvalue weighted by Gasteiger charge is -2.38. The second kappa shape index (κ2) is 4.64. The van der Waals surface area contributed by atoms with Gasteiger partial charge in [-0.25, -0.2) is 0 Å². The van der Waals surface area contributed by atoms with Crippen LogP contribution in [0.4, 0.5) is 0 Å². The Balaban J connectivity index is 2.79. The quantitative estimate of drug-likeness (QED) is 0.310. The molecule has 2 atom stereocenters. The van der Waals surface area contributed by atoms with Crippen LogP contribution in [0.5, 0.6) is 0 Å². The Labute approximate surface area is 85.7 Å². The second-order valence-corrected chi connectivity index (χ2v) is 4.14. The summed E-state index contributed by atoms with van der Waals surface area (Å²) in [5, 5.41) is 3.61. The first-order valence-electron chi connectivity index (χ1n) is 5.32. The highest BCUT2D eigenvalue weighted by Crippen LogP contribution is 2.35. The van der Waals surface area contributed by atoms with Crippen LogP contribution in [0.25, 0.3) is 0 Å². The molecule has 14 heavy (non-hydrogen) atoms. The fraction of sp³-hybridized carbons (Fsp3) is 0.900. The Kier molecular flexibility index (Phi) is 3.75. The first-order chi connectivity index (χ1) is 6.64. The smallest absolute Gasteiger partial charge is 0.151 e. The molecule has 1 fully saturated rings. The summed E-state index contributed by atoms with van der Waals surface area (Å²) in [6.07, 6.45) is 4.26. The van der Waals surface area contributed by atoms with Gasteiger partial charge in [-0.3, -0.25) is 0 Å². The first-order valence-corrected chi connectivity index (χ1v) is 5.32. The fourth-order valence-corrected chi connectivity index (χ4v) is 2.33. The number of ether oxygens (including phenoxy) is 1. The van der Waals surface area contributed by atoms with Crippen LogP contribution >= 0.6 is 0 Å². The summed E-state index contributed by atoms with van der Waals surface area (Å²) < 4.78 is 5.76. The van der Waals surface area contributed by atoms with Gasteiger partial charge < -0.3 is 16.3 Å². The molecule has 0 radical (unpaired) electrons. The summed E-state index contributed by atoms with van der Waals surface area (Å²) in [5.41, 5.74) is 5.44. The first kappa shape index (κ1) is 11.3. The van der Waals surface area contributed by atoms with Gasteiger partial charge in [-0.15, -0.1) is 0 Å². The van der Waals surface area contributed by atoms with Crippen LogP contribution in [0.15, 0.2) is 5.10 Å². The zero-order chi connectivity index (χ0) is 10.6. The average molecular weight is 199 g/mol. The van der Waals surface area contributed by atoms with Crippen molar-refractivity contribution in [2.45, 2.75) is 45.1 Å². The highest BCUT2D eigenvalue weighted by atomic mass is 16.5. The van der Waals surface area contributed by atoms with Crippen molar-refractivity contribution in [3.05, 3.63) is 0 Å². The number of amidine groups is 1. The normalized spacial score (nSPS) is 34.4. The molecule has 4 N–H and O–H groups in total. The van der Waals surface area contributed by atoms with Gasteiger partial charge in [-0.05, 0) is 32.1 Å². The van der Waals surface area contributed by atoms with Crippen LogP contribution in [0, 0.1) is 5.92 Å².